The average Bonchev–Trinajstić information content (AvgIpc) is 2.03. The van der Waals surface area contributed by atoms with Crippen LogP contribution >= 0.6 is 0 Å². The van der Waals surface area contributed by atoms with Crippen molar-refractivity contribution in [3.8, 4) is 0 Å². The molecule has 0 N–H and O–H groups in total. The van der Waals surface area contributed by atoms with Crippen LogP contribution in [-0.2, 0) is 4.74 Å². The van der Waals surface area contributed by atoms with E-state index in [1.165, 1.54) is 0 Å². The zero-order valence-corrected chi connectivity index (χ0v) is 9.13. The van der Waals surface area contributed by atoms with E-state index in [4.69, 9.17) is 4.74 Å². The molecule has 0 heterocycles. The van der Waals surface area contributed by atoms with Crippen molar-refractivity contribution in [3.05, 3.63) is 35.9 Å². The van der Waals surface area contributed by atoms with Gasteiger partial charge in [0.25, 0.3) is 0 Å². The number of hydrogen-bond acceptors (Lipinski definition) is 2. The number of carbonyl (C=O) groups excluding carboxylic acids is 1. The van der Waals surface area contributed by atoms with Crippen molar-refractivity contribution in [2.24, 2.45) is 0 Å². The Kier molecular flexibility index (Phi) is 4.97. The largest absolute Gasteiger partial charge is 1.00 e. The Morgan fingerprint density at radius 3 is 2.21 bits per heavy atom. The van der Waals surface area contributed by atoms with E-state index in [0.717, 1.165) is 0 Å². The molecule has 14 heavy (non-hydrogen) atoms. The number of benzene rings is 1. The minimum absolute atomic E-state index is 0. The van der Waals surface area contributed by atoms with Crippen molar-refractivity contribution in [1.29, 1.82) is 0 Å². The van der Waals surface area contributed by atoms with Crippen molar-refractivity contribution in [3.63, 3.8) is 0 Å². The summed E-state index contributed by atoms with van der Waals surface area (Å²) < 4.78 is 5.17. The Bertz CT molecular complexity index is 288. The first-order valence-electron chi connectivity index (χ1n) is 4.18. The van der Waals surface area contributed by atoms with Crippen LogP contribution in [0.25, 0.3) is 0 Å². The fourth-order valence-corrected chi connectivity index (χ4v) is 0.860. The fourth-order valence-electron chi connectivity index (χ4n) is 0.860. The summed E-state index contributed by atoms with van der Waals surface area (Å²) in [6.07, 6.45) is 0. The fraction of sp³-hybridized carbons (Fsp3) is 0.364. The van der Waals surface area contributed by atoms with Crippen LogP contribution in [0.3, 0.4) is 0 Å². The van der Waals surface area contributed by atoms with Gasteiger partial charge in [0, 0.05) is 0 Å². The van der Waals surface area contributed by atoms with E-state index in [9.17, 15) is 4.79 Å². The van der Waals surface area contributed by atoms with Crippen molar-refractivity contribution in [1.82, 2.24) is 0 Å². The number of carbonyl (C=O) groups is 1. The molecule has 0 radical (unpaired) electrons. The van der Waals surface area contributed by atoms with Crippen molar-refractivity contribution in [2.45, 2.75) is 26.4 Å². The predicted molar refractivity (Wildman–Crippen MR) is 50.4 cm³/mol. The summed E-state index contributed by atoms with van der Waals surface area (Å²) in [4.78, 5) is 11.4. The van der Waals surface area contributed by atoms with Gasteiger partial charge in [0.15, 0.2) is 0 Å². The normalized spacial score (nSPS) is 10.2. The number of rotatable bonds is 1. The van der Waals surface area contributed by atoms with Gasteiger partial charge in [0.05, 0.1) is 0 Å². The van der Waals surface area contributed by atoms with Crippen LogP contribution in [0.4, 0.5) is 0 Å². The van der Waals surface area contributed by atoms with E-state index in [-0.39, 0.29) is 24.8 Å². The summed E-state index contributed by atoms with van der Waals surface area (Å²) in [6.45, 7) is 5.54. The Balaban J connectivity index is 0.00000169. The minimum Gasteiger partial charge on any atom is -0.458 e. The van der Waals surface area contributed by atoms with Crippen LogP contribution in [-0.4, -0.2) is 11.6 Å². The molecule has 3 heteroatoms. The minimum atomic E-state index is -0.434. The molecule has 0 bridgehead atoms. The molecule has 0 saturated carbocycles. The molecule has 0 atom stereocenters. The SMILES string of the molecule is CC(C)(C)OC(=O)c1cc[c-]cc1.[Li+]. The van der Waals surface area contributed by atoms with Crippen molar-refractivity contribution in [2.75, 3.05) is 0 Å². The van der Waals surface area contributed by atoms with E-state index in [1.54, 1.807) is 24.3 Å². The zero-order chi connectivity index (χ0) is 9.90. The van der Waals surface area contributed by atoms with Gasteiger partial charge in [-0.2, -0.15) is 30.3 Å². The van der Waals surface area contributed by atoms with E-state index in [2.05, 4.69) is 6.07 Å². The topological polar surface area (TPSA) is 26.3 Å². The van der Waals surface area contributed by atoms with Crippen LogP contribution in [0, 0.1) is 6.07 Å². The van der Waals surface area contributed by atoms with Crippen LogP contribution in [0.5, 0.6) is 0 Å². The van der Waals surface area contributed by atoms with Gasteiger partial charge in [-0.25, -0.2) is 4.79 Å². The van der Waals surface area contributed by atoms with Crippen LogP contribution < -0.4 is 18.9 Å². The number of ether oxygens (including phenoxy) is 1. The maximum atomic E-state index is 11.4. The molecule has 0 unspecified atom stereocenters. The summed E-state index contributed by atoms with van der Waals surface area (Å²) in [5.74, 6) is -0.290. The molecule has 0 spiro atoms. The first-order valence-corrected chi connectivity index (χ1v) is 4.18. The smallest absolute Gasteiger partial charge is 0.458 e. The molecule has 0 aliphatic heterocycles. The Hall–Kier alpha value is -0.713. The Morgan fingerprint density at radius 2 is 1.79 bits per heavy atom. The van der Waals surface area contributed by atoms with Gasteiger partial charge in [-0.15, -0.1) is 0 Å². The van der Waals surface area contributed by atoms with Crippen LogP contribution in [0.15, 0.2) is 24.3 Å². The van der Waals surface area contributed by atoms with Gasteiger partial charge >= 0.3 is 24.8 Å². The third kappa shape index (κ3) is 4.50. The van der Waals surface area contributed by atoms with Crippen molar-refractivity contribution >= 4 is 5.97 Å². The molecule has 0 fully saturated rings. The summed E-state index contributed by atoms with van der Waals surface area (Å²) >= 11 is 0. The monoisotopic (exact) mass is 184 g/mol. The number of esters is 1. The van der Waals surface area contributed by atoms with E-state index >= 15 is 0 Å². The standard InChI is InChI=1S/C11H13O2.Li/c1-11(2,3)13-10(12)9-7-5-4-6-8-9;/h5-8H,1-3H3;/q-1;+1. The molecule has 2 nitrogen and oxygen atoms in total. The third-order valence-electron chi connectivity index (χ3n) is 1.35. The predicted octanol–water partition coefficient (Wildman–Crippen LogP) is -0.554. The van der Waals surface area contributed by atoms with Crippen molar-refractivity contribution < 1.29 is 28.4 Å². The van der Waals surface area contributed by atoms with Gasteiger partial charge < -0.3 is 4.74 Å². The van der Waals surface area contributed by atoms with E-state index < -0.39 is 5.60 Å². The Morgan fingerprint density at radius 1 is 1.29 bits per heavy atom. The summed E-state index contributed by atoms with van der Waals surface area (Å²) in [5, 5.41) is 0. The van der Waals surface area contributed by atoms with E-state index in [0.29, 0.717) is 5.56 Å². The van der Waals surface area contributed by atoms with Gasteiger partial charge in [0.2, 0.25) is 0 Å². The average molecular weight is 184 g/mol. The molecular formula is C11H13LiO2. The van der Waals surface area contributed by atoms with Crippen LogP contribution in [0.1, 0.15) is 31.1 Å². The second-order valence-electron chi connectivity index (χ2n) is 3.79. The van der Waals surface area contributed by atoms with Gasteiger partial charge in [-0.3, -0.25) is 0 Å². The van der Waals surface area contributed by atoms with Gasteiger partial charge in [0.1, 0.15) is 5.60 Å². The quantitative estimate of drug-likeness (QED) is 0.332. The van der Waals surface area contributed by atoms with Crippen LogP contribution in [0.2, 0.25) is 0 Å². The van der Waals surface area contributed by atoms with Gasteiger partial charge in [-0.1, -0.05) is 0 Å². The molecule has 0 saturated heterocycles. The molecule has 0 amide bonds. The maximum Gasteiger partial charge on any atom is 1.00 e. The summed E-state index contributed by atoms with van der Waals surface area (Å²) in [5.41, 5.74) is 0.130. The molecule has 0 aliphatic carbocycles. The Labute approximate surface area is 96.8 Å². The molecule has 0 aliphatic rings. The maximum absolute atomic E-state index is 11.4. The molecular weight excluding hydrogens is 171 g/mol. The second-order valence-corrected chi connectivity index (χ2v) is 3.79. The van der Waals surface area contributed by atoms with Gasteiger partial charge in [-0.05, 0) is 26.3 Å². The first kappa shape index (κ1) is 13.3. The molecule has 1 aromatic rings. The molecule has 1 aromatic carbocycles. The third-order valence-corrected chi connectivity index (χ3v) is 1.35. The first-order chi connectivity index (χ1) is 5.99. The van der Waals surface area contributed by atoms with E-state index in [1.807, 2.05) is 20.8 Å². The second kappa shape index (κ2) is 5.24. The zero-order valence-electron chi connectivity index (χ0n) is 9.13. The molecule has 1 rings (SSSR count). The number of hydrogen-bond donors (Lipinski definition) is 0. The molecule has 0 aromatic heterocycles. The summed E-state index contributed by atoms with van der Waals surface area (Å²) in [7, 11) is 0. The summed E-state index contributed by atoms with van der Waals surface area (Å²) in [6, 6.07) is 9.61. The molecule has 70 valence electrons.